The Balaban J connectivity index is 2.26. The van der Waals surface area contributed by atoms with Crippen molar-refractivity contribution >= 4 is 5.65 Å². The van der Waals surface area contributed by atoms with Gasteiger partial charge in [-0.3, -0.25) is 0 Å². The van der Waals surface area contributed by atoms with Crippen LogP contribution in [0.1, 0.15) is 12.0 Å². The van der Waals surface area contributed by atoms with E-state index in [1.165, 1.54) is 5.56 Å². The predicted molar refractivity (Wildman–Crippen MR) is 50.4 cm³/mol. The first-order valence-electron chi connectivity index (χ1n) is 4.38. The Morgan fingerprint density at radius 2 is 2.38 bits per heavy atom. The molecule has 0 radical (unpaired) electrons. The Bertz CT molecular complexity index is 393. The molecule has 0 aliphatic rings. The van der Waals surface area contributed by atoms with Gasteiger partial charge in [-0.05, 0) is 37.1 Å². The molecule has 0 aromatic carbocycles. The van der Waals surface area contributed by atoms with E-state index >= 15 is 0 Å². The summed E-state index contributed by atoms with van der Waals surface area (Å²) in [5.41, 5.74) is 7.60. The second-order valence-electron chi connectivity index (χ2n) is 2.99. The molecule has 2 aromatic heterocycles. The minimum Gasteiger partial charge on any atom is -0.330 e. The van der Waals surface area contributed by atoms with Crippen molar-refractivity contribution in [2.75, 3.05) is 6.54 Å². The summed E-state index contributed by atoms with van der Waals surface area (Å²) in [6.07, 6.45) is 5.51. The minimum absolute atomic E-state index is 0.734. The third kappa shape index (κ3) is 1.67. The summed E-state index contributed by atoms with van der Waals surface area (Å²) in [5, 5.41) is 4.02. The van der Waals surface area contributed by atoms with E-state index in [4.69, 9.17) is 5.73 Å². The van der Waals surface area contributed by atoms with Gasteiger partial charge in [-0.25, -0.2) is 9.50 Å². The Kier molecular flexibility index (Phi) is 2.23. The van der Waals surface area contributed by atoms with Crippen LogP contribution in [-0.2, 0) is 6.42 Å². The van der Waals surface area contributed by atoms with Crippen LogP contribution in [0, 0.1) is 0 Å². The lowest BCUT2D eigenvalue weighted by Gasteiger charge is -1.99. The number of fused-ring (bicyclic) bond motifs is 1. The third-order valence-corrected chi connectivity index (χ3v) is 2.01. The summed E-state index contributed by atoms with van der Waals surface area (Å²) in [7, 11) is 0. The lowest BCUT2D eigenvalue weighted by atomic mass is 10.1. The average molecular weight is 176 g/mol. The monoisotopic (exact) mass is 176 g/mol. The third-order valence-electron chi connectivity index (χ3n) is 2.01. The maximum Gasteiger partial charge on any atom is 0.155 e. The van der Waals surface area contributed by atoms with Gasteiger partial charge in [0.15, 0.2) is 5.65 Å². The molecular weight excluding hydrogens is 164 g/mol. The maximum absolute atomic E-state index is 5.44. The molecule has 0 saturated heterocycles. The lowest BCUT2D eigenvalue weighted by molar-refractivity contribution is 0.828. The molecule has 0 spiro atoms. The summed E-state index contributed by atoms with van der Waals surface area (Å²) in [6.45, 7) is 0.734. The number of rotatable bonds is 3. The van der Waals surface area contributed by atoms with Gasteiger partial charge >= 0.3 is 0 Å². The quantitative estimate of drug-likeness (QED) is 0.745. The second-order valence-corrected chi connectivity index (χ2v) is 2.99. The van der Waals surface area contributed by atoms with Gasteiger partial charge in [0, 0.05) is 6.20 Å². The fourth-order valence-electron chi connectivity index (χ4n) is 1.32. The molecule has 68 valence electrons. The highest BCUT2D eigenvalue weighted by Gasteiger charge is 1.96. The summed E-state index contributed by atoms with van der Waals surface area (Å²) in [4.78, 5) is 4.11. The van der Waals surface area contributed by atoms with Crippen LogP contribution in [-0.4, -0.2) is 21.1 Å². The number of hydrogen-bond acceptors (Lipinski definition) is 3. The summed E-state index contributed by atoms with van der Waals surface area (Å²) in [5.74, 6) is 0. The number of aryl methyl sites for hydroxylation is 1. The topological polar surface area (TPSA) is 56.2 Å². The van der Waals surface area contributed by atoms with Crippen LogP contribution in [0.15, 0.2) is 24.7 Å². The van der Waals surface area contributed by atoms with Gasteiger partial charge in [-0.1, -0.05) is 0 Å². The standard InChI is InChI=1S/C9H12N4/c10-4-1-2-8-3-5-13-9(6-8)11-7-12-13/h3,5-7H,1-2,4,10H2. The molecule has 4 heteroatoms. The average Bonchev–Trinajstić information content (AvgIpc) is 2.61. The summed E-state index contributed by atoms with van der Waals surface area (Å²) in [6, 6.07) is 4.10. The number of pyridine rings is 1. The molecule has 0 atom stereocenters. The van der Waals surface area contributed by atoms with Crippen molar-refractivity contribution < 1.29 is 0 Å². The smallest absolute Gasteiger partial charge is 0.155 e. The van der Waals surface area contributed by atoms with E-state index in [0.29, 0.717) is 0 Å². The zero-order valence-electron chi connectivity index (χ0n) is 7.35. The van der Waals surface area contributed by atoms with Crippen LogP contribution in [0.4, 0.5) is 0 Å². The fourth-order valence-corrected chi connectivity index (χ4v) is 1.32. The number of nitrogens with zero attached hydrogens (tertiary/aromatic N) is 3. The lowest BCUT2D eigenvalue weighted by Crippen LogP contribution is -2.00. The van der Waals surface area contributed by atoms with Crippen molar-refractivity contribution in [3.63, 3.8) is 0 Å². The van der Waals surface area contributed by atoms with Crippen LogP contribution < -0.4 is 5.73 Å². The Morgan fingerprint density at radius 3 is 3.23 bits per heavy atom. The van der Waals surface area contributed by atoms with Crippen molar-refractivity contribution in [2.45, 2.75) is 12.8 Å². The first kappa shape index (κ1) is 8.19. The fraction of sp³-hybridized carbons (Fsp3) is 0.333. The molecule has 0 unspecified atom stereocenters. The van der Waals surface area contributed by atoms with Crippen LogP contribution in [0.2, 0.25) is 0 Å². The normalized spacial score (nSPS) is 10.8. The molecule has 2 rings (SSSR count). The molecule has 0 bridgehead atoms. The zero-order valence-corrected chi connectivity index (χ0v) is 7.35. The zero-order chi connectivity index (χ0) is 9.10. The van der Waals surface area contributed by atoms with Gasteiger partial charge in [0.05, 0.1) is 0 Å². The summed E-state index contributed by atoms with van der Waals surface area (Å²) < 4.78 is 1.76. The predicted octanol–water partition coefficient (Wildman–Crippen LogP) is 0.621. The van der Waals surface area contributed by atoms with E-state index in [2.05, 4.69) is 16.1 Å². The number of hydrogen-bond donors (Lipinski definition) is 1. The molecule has 0 aliphatic heterocycles. The molecule has 2 aromatic rings. The van der Waals surface area contributed by atoms with Gasteiger partial charge in [0.2, 0.25) is 0 Å². The first-order chi connectivity index (χ1) is 6.40. The van der Waals surface area contributed by atoms with Crippen LogP contribution in [0.5, 0.6) is 0 Å². The van der Waals surface area contributed by atoms with Crippen LogP contribution in [0.25, 0.3) is 5.65 Å². The molecule has 0 aliphatic carbocycles. The van der Waals surface area contributed by atoms with E-state index in [0.717, 1.165) is 25.0 Å². The minimum atomic E-state index is 0.734. The van der Waals surface area contributed by atoms with Gasteiger partial charge in [0.1, 0.15) is 6.33 Å². The van der Waals surface area contributed by atoms with Crippen LogP contribution >= 0.6 is 0 Å². The van der Waals surface area contributed by atoms with Gasteiger partial charge in [-0.2, -0.15) is 5.10 Å². The molecule has 2 N–H and O–H groups in total. The Labute approximate surface area is 76.4 Å². The van der Waals surface area contributed by atoms with E-state index in [-0.39, 0.29) is 0 Å². The highest BCUT2D eigenvalue weighted by molar-refractivity contribution is 5.39. The molecule has 2 heterocycles. The van der Waals surface area contributed by atoms with Gasteiger partial charge in [0.25, 0.3) is 0 Å². The molecule has 0 saturated carbocycles. The molecular formula is C9H12N4. The number of nitrogens with two attached hydrogens (primary N) is 1. The van der Waals surface area contributed by atoms with E-state index in [1.807, 2.05) is 12.3 Å². The first-order valence-corrected chi connectivity index (χ1v) is 4.38. The Hall–Kier alpha value is -1.42. The van der Waals surface area contributed by atoms with Crippen molar-refractivity contribution in [1.29, 1.82) is 0 Å². The van der Waals surface area contributed by atoms with E-state index in [1.54, 1.807) is 10.8 Å². The molecule has 0 amide bonds. The SMILES string of the molecule is NCCCc1ccn2ncnc2c1. The van der Waals surface area contributed by atoms with Crippen molar-refractivity contribution in [3.8, 4) is 0 Å². The van der Waals surface area contributed by atoms with Gasteiger partial charge in [-0.15, -0.1) is 0 Å². The van der Waals surface area contributed by atoms with Crippen molar-refractivity contribution in [1.82, 2.24) is 14.6 Å². The van der Waals surface area contributed by atoms with E-state index < -0.39 is 0 Å². The maximum atomic E-state index is 5.44. The number of aromatic nitrogens is 3. The molecule has 13 heavy (non-hydrogen) atoms. The van der Waals surface area contributed by atoms with Gasteiger partial charge < -0.3 is 5.73 Å². The summed E-state index contributed by atoms with van der Waals surface area (Å²) >= 11 is 0. The van der Waals surface area contributed by atoms with Crippen LogP contribution in [0.3, 0.4) is 0 Å². The molecule has 4 nitrogen and oxygen atoms in total. The molecule has 0 fully saturated rings. The second kappa shape index (κ2) is 3.53. The van der Waals surface area contributed by atoms with Crippen molar-refractivity contribution in [3.05, 3.63) is 30.2 Å². The highest BCUT2D eigenvalue weighted by atomic mass is 15.3. The largest absolute Gasteiger partial charge is 0.330 e. The highest BCUT2D eigenvalue weighted by Crippen LogP contribution is 2.05. The Morgan fingerprint density at radius 1 is 1.46 bits per heavy atom. The van der Waals surface area contributed by atoms with E-state index in [9.17, 15) is 0 Å². The van der Waals surface area contributed by atoms with Crippen molar-refractivity contribution in [2.24, 2.45) is 5.73 Å².